The van der Waals surface area contributed by atoms with Gasteiger partial charge >= 0.3 is 0 Å². The molecule has 0 aliphatic rings. The van der Waals surface area contributed by atoms with E-state index in [9.17, 15) is 9.59 Å². The van der Waals surface area contributed by atoms with Gasteiger partial charge in [-0.2, -0.15) is 0 Å². The molecule has 29 heavy (non-hydrogen) atoms. The van der Waals surface area contributed by atoms with E-state index >= 15 is 0 Å². The molecule has 1 heterocycles. The van der Waals surface area contributed by atoms with Gasteiger partial charge in [0.05, 0.1) is 12.8 Å². The molecule has 2 aromatic carbocycles. The van der Waals surface area contributed by atoms with Crippen molar-refractivity contribution in [1.29, 1.82) is 0 Å². The van der Waals surface area contributed by atoms with Crippen LogP contribution in [0.25, 0.3) is 11.3 Å². The second-order valence-corrected chi connectivity index (χ2v) is 7.08. The number of hydrogen-bond acceptors (Lipinski definition) is 6. The average molecular weight is 411 g/mol. The SMILES string of the molecule is COc1ccc(OC(C)C(=O)Nc2nc(-c3ccc(NC(C)=O)cc3)cs2)cc1. The van der Waals surface area contributed by atoms with Crippen molar-refractivity contribution in [3.63, 3.8) is 0 Å². The van der Waals surface area contributed by atoms with Crippen LogP contribution in [-0.2, 0) is 9.59 Å². The van der Waals surface area contributed by atoms with E-state index in [1.54, 1.807) is 50.4 Å². The average Bonchev–Trinajstić information content (AvgIpc) is 3.17. The summed E-state index contributed by atoms with van der Waals surface area (Å²) in [7, 11) is 1.59. The van der Waals surface area contributed by atoms with Gasteiger partial charge in [0.25, 0.3) is 5.91 Å². The van der Waals surface area contributed by atoms with Crippen LogP contribution in [0, 0.1) is 0 Å². The lowest BCUT2D eigenvalue weighted by Crippen LogP contribution is -2.30. The third-order valence-electron chi connectivity index (χ3n) is 3.98. The number of thiazole rings is 1. The Bertz CT molecular complexity index is 984. The molecule has 3 aromatic rings. The minimum atomic E-state index is -0.687. The molecule has 3 rings (SSSR count). The highest BCUT2D eigenvalue weighted by Gasteiger charge is 2.17. The third kappa shape index (κ3) is 5.55. The smallest absolute Gasteiger partial charge is 0.266 e. The van der Waals surface area contributed by atoms with Crippen molar-refractivity contribution in [2.75, 3.05) is 17.7 Å². The lowest BCUT2D eigenvalue weighted by Gasteiger charge is -2.14. The Morgan fingerprint density at radius 1 is 1.00 bits per heavy atom. The second kappa shape index (κ2) is 9.20. The van der Waals surface area contributed by atoms with Crippen molar-refractivity contribution in [2.24, 2.45) is 0 Å². The lowest BCUT2D eigenvalue weighted by atomic mass is 10.1. The second-order valence-electron chi connectivity index (χ2n) is 6.22. The molecule has 1 unspecified atom stereocenters. The summed E-state index contributed by atoms with van der Waals surface area (Å²) in [6.45, 7) is 3.14. The van der Waals surface area contributed by atoms with E-state index in [0.29, 0.717) is 10.9 Å². The number of rotatable bonds is 7. The first-order valence-electron chi connectivity index (χ1n) is 8.89. The maximum atomic E-state index is 12.4. The van der Waals surface area contributed by atoms with E-state index in [1.165, 1.54) is 18.3 Å². The van der Waals surface area contributed by atoms with Crippen LogP contribution in [0.4, 0.5) is 10.8 Å². The highest BCUT2D eigenvalue weighted by atomic mass is 32.1. The first kappa shape index (κ1) is 20.3. The first-order valence-corrected chi connectivity index (χ1v) is 9.77. The standard InChI is InChI=1S/C21H21N3O4S/c1-13(28-18-10-8-17(27-3)9-11-18)20(26)24-21-23-19(12-29-21)15-4-6-16(7-5-15)22-14(2)25/h4-13H,1-3H3,(H,22,25)(H,23,24,26). The van der Waals surface area contributed by atoms with Gasteiger partial charge < -0.3 is 14.8 Å². The number of amides is 2. The topological polar surface area (TPSA) is 89.6 Å². The summed E-state index contributed by atoms with van der Waals surface area (Å²) in [5.41, 5.74) is 2.34. The molecule has 150 valence electrons. The highest BCUT2D eigenvalue weighted by Crippen LogP contribution is 2.26. The molecule has 0 bridgehead atoms. The van der Waals surface area contributed by atoms with E-state index in [2.05, 4.69) is 15.6 Å². The molecule has 0 saturated heterocycles. The summed E-state index contributed by atoms with van der Waals surface area (Å²) in [6.07, 6.45) is -0.687. The minimum absolute atomic E-state index is 0.123. The van der Waals surface area contributed by atoms with Crippen LogP contribution >= 0.6 is 11.3 Å². The fraction of sp³-hybridized carbons (Fsp3) is 0.190. The number of methoxy groups -OCH3 is 1. The molecular weight excluding hydrogens is 390 g/mol. The molecule has 2 amide bonds. The molecule has 0 spiro atoms. The summed E-state index contributed by atoms with van der Waals surface area (Å²) in [5.74, 6) is 0.882. The van der Waals surface area contributed by atoms with E-state index < -0.39 is 6.10 Å². The van der Waals surface area contributed by atoms with Gasteiger partial charge in [-0.15, -0.1) is 11.3 Å². The van der Waals surface area contributed by atoms with Crippen LogP contribution < -0.4 is 20.1 Å². The summed E-state index contributed by atoms with van der Waals surface area (Å²) < 4.78 is 10.8. The van der Waals surface area contributed by atoms with Crippen LogP contribution in [-0.4, -0.2) is 30.0 Å². The molecule has 2 N–H and O–H groups in total. The normalized spacial score (nSPS) is 11.4. The molecular formula is C21H21N3O4S. The van der Waals surface area contributed by atoms with Crippen molar-refractivity contribution in [3.05, 3.63) is 53.9 Å². The van der Waals surface area contributed by atoms with Gasteiger partial charge in [0.1, 0.15) is 11.5 Å². The molecule has 0 saturated carbocycles. The maximum Gasteiger partial charge on any atom is 0.266 e. The third-order valence-corrected chi connectivity index (χ3v) is 4.73. The molecule has 0 fully saturated rings. The van der Waals surface area contributed by atoms with Crippen molar-refractivity contribution >= 4 is 34.0 Å². The largest absolute Gasteiger partial charge is 0.497 e. The number of nitrogens with one attached hydrogen (secondary N) is 2. The molecule has 0 aliphatic carbocycles. The van der Waals surface area contributed by atoms with E-state index in [1.807, 2.05) is 17.5 Å². The molecule has 1 aromatic heterocycles. The van der Waals surface area contributed by atoms with Gasteiger partial charge in [-0.3, -0.25) is 14.9 Å². The fourth-order valence-electron chi connectivity index (χ4n) is 2.51. The predicted octanol–water partition coefficient (Wildman–Crippen LogP) is 4.18. The highest BCUT2D eigenvalue weighted by molar-refractivity contribution is 7.14. The van der Waals surface area contributed by atoms with Crippen molar-refractivity contribution in [3.8, 4) is 22.8 Å². The zero-order valence-electron chi connectivity index (χ0n) is 16.3. The molecule has 0 aliphatic heterocycles. The zero-order valence-corrected chi connectivity index (χ0v) is 17.1. The van der Waals surface area contributed by atoms with Gasteiger partial charge in [-0.25, -0.2) is 4.98 Å². The van der Waals surface area contributed by atoms with Crippen LogP contribution in [0.1, 0.15) is 13.8 Å². The Labute approximate surface area is 172 Å². The van der Waals surface area contributed by atoms with Crippen molar-refractivity contribution in [1.82, 2.24) is 4.98 Å². The number of carbonyl (C=O) groups excluding carboxylic acids is 2. The number of aromatic nitrogens is 1. The summed E-state index contributed by atoms with van der Waals surface area (Å²) in [6, 6.07) is 14.4. The predicted molar refractivity (Wildman–Crippen MR) is 114 cm³/mol. The Morgan fingerprint density at radius 2 is 1.66 bits per heavy atom. The minimum Gasteiger partial charge on any atom is -0.497 e. The maximum absolute atomic E-state index is 12.4. The van der Waals surface area contributed by atoms with Gasteiger partial charge in [0.2, 0.25) is 5.91 Å². The van der Waals surface area contributed by atoms with Gasteiger partial charge in [0.15, 0.2) is 11.2 Å². The first-order chi connectivity index (χ1) is 13.9. The molecule has 0 radical (unpaired) electrons. The van der Waals surface area contributed by atoms with Crippen LogP contribution in [0.15, 0.2) is 53.9 Å². The number of nitrogens with zero attached hydrogens (tertiary/aromatic N) is 1. The van der Waals surface area contributed by atoms with E-state index in [0.717, 1.165) is 22.7 Å². The van der Waals surface area contributed by atoms with Crippen LogP contribution in [0.5, 0.6) is 11.5 Å². The van der Waals surface area contributed by atoms with Crippen LogP contribution in [0.2, 0.25) is 0 Å². The number of carbonyl (C=O) groups is 2. The van der Waals surface area contributed by atoms with E-state index in [4.69, 9.17) is 9.47 Å². The van der Waals surface area contributed by atoms with Crippen LogP contribution in [0.3, 0.4) is 0 Å². The summed E-state index contributed by atoms with van der Waals surface area (Å²) in [5, 5.41) is 7.84. The molecule has 7 nitrogen and oxygen atoms in total. The number of ether oxygens (including phenoxy) is 2. The Kier molecular flexibility index (Phi) is 6.46. The van der Waals surface area contributed by atoms with Crippen molar-refractivity contribution < 1.29 is 19.1 Å². The quantitative estimate of drug-likeness (QED) is 0.609. The Balaban J connectivity index is 1.59. The summed E-state index contributed by atoms with van der Waals surface area (Å²) in [4.78, 5) is 27.9. The molecule has 1 atom stereocenters. The lowest BCUT2D eigenvalue weighted by molar-refractivity contribution is -0.122. The zero-order chi connectivity index (χ0) is 20.8. The number of anilines is 2. The summed E-state index contributed by atoms with van der Waals surface area (Å²) >= 11 is 1.33. The Morgan fingerprint density at radius 3 is 2.28 bits per heavy atom. The Hall–Kier alpha value is -3.39. The molecule has 8 heteroatoms. The van der Waals surface area contributed by atoms with E-state index in [-0.39, 0.29) is 11.8 Å². The van der Waals surface area contributed by atoms with Gasteiger partial charge in [-0.1, -0.05) is 12.1 Å². The number of hydrogen-bond donors (Lipinski definition) is 2. The van der Waals surface area contributed by atoms with Gasteiger partial charge in [-0.05, 0) is 43.3 Å². The van der Waals surface area contributed by atoms with Gasteiger partial charge in [0, 0.05) is 23.6 Å². The number of benzene rings is 2. The fourth-order valence-corrected chi connectivity index (χ4v) is 3.23. The monoisotopic (exact) mass is 411 g/mol. The van der Waals surface area contributed by atoms with Crippen molar-refractivity contribution in [2.45, 2.75) is 20.0 Å².